The van der Waals surface area contributed by atoms with Crippen LogP contribution in [0.15, 0.2) is 28.3 Å². The fourth-order valence-corrected chi connectivity index (χ4v) is 1.99. The molecule has 0 radical (unpaired) electrons. The molecule has 4 nitrogen and oxygen atoms in total. The summed E-state index contributed by atoms with van der Waals surface area (Å²) < 4.78 is 11.3. The van der Waals surface area contributed by atoms with Crippen LogP contribution in [0.25, 0.3) is 0 Å². The van der Waals surface area contributed by atoms with Crippen LogP contribution >= 0.6 is 15.9 Å². The Labute approximate surface area is 121 Å². The van der Waals surface area contributed by atoms with Gasteiger partial charge in [0.2, 0.25) is 5.91 Å². The highest BCUT2D eigenvalue weighted by molar-refractivity contribution is 9.10. The van der Waals surface area contributed by atoms with Gasteiger partial charge in [0.1, 0.15) is 0 Å². The Morgan fingerprint density at radius 3 is 2.37 bits per heavy atom. The van der Waals surface area contributed by atoms with Gasteiger partial charge in [0, 0.05) is 17.1 Å². The highest BCUT2D eigenvalue weighted by atomic mass is 79.9. The molecule has 1 N–H and O–H groups in total. The minimum Gasteiger partial charge on any atom is -0.493 e. The lowest BCUT2D eigenvalue weighted by Gasteiger charge is -2.12. The Hall–Kier alpha value is -1.49. The van der Waals surface area contributed by atoms with Crippen LogP contribution in [0.4, 0.5) is 0 Å². The van der Waals surface area contributed by atoms with Gasteiger partial charge in [0.15, 0.2) is 11.5 Å². The first-order valence-electron chi connectivity index (χ1n) is 5.81. The number of halogens is 1. The monoisotopic (exact) mass is 327 g/mol. The number of nitrogens with one attached hydrogen (secondary N) is 1. The third-order valence-electron chi connectivity index (χ3n) is 2.43. The molecular formula is C14H18BrNO3. The number of ether oxygens (including phenoxy) is 2. The molecule has 0 unspecified atom stereocenters. The average Bonchev–Trinajstić information content (AvgIpc) is 2.36. The zero-order chi connectivity index (χ0) is 14.4. The normalized spacial score (nSPS) is 9.74. The predicted molar refractivity (Wildman–Crippen MR) is 78.5 cm³/mol. The van der Waals surface area contributed by atoms with E-state index in [-0.39, 0.29) is 5.91 Å². The van der Waals surface area contributed by atoms with E-state index in [0.29, 0.717) is 18.0 Å². The smallest absolute Gasteiger partial charge is 0.244 e. The lowest BCUT2D eigenvalue weighted by Crippen LogP contribution is -2.20. The van der Waals surface area contributed by atoms with E-state index in [0.717, 1.165) is 15.6 Å². The van der Waals surface area contributed by atoms with E-state index in [1.807, 2.05) is 26.0 Å². The quantitative estimate of drug-likeness (QED) is 0.845. The number of amides is 1. The molecule has 104 valence electrons. The standard InChI is InChI=1S/C14H18BrNO3/c1-9(2)5-14(17)16-8-10-6-12(18-3)13(19-4)7-11(10)15/h5-7H,8H2,1-4H3,(H,16,17). The molecule has 0 saturated carbocycles. The lowest BCUT2D eigenvalue weighted by molar-refractivity contribution is -0.116. The molecule has 19 heavy (non-hydrogen) atoms. The molecule has 0 atom stereocenters. The van der Waals surface area contributed by atoms with Crippen molar-refractivity contribution in [3.05, 3.63) is 33.8 Å². The minimum absolute atomic E-state index is 0.110. The van der Waals surface area contributed by atoms with E-state index in [4.69, 9.17) is 9.47 Å². The highest BCUT2D eigenvalue weighted by Gasteiger charge is 2.10. The second kappa shape index (κ2) is 7.19. The molecule has 0 aliphatic rings. The number of carbonyl (C=O) groups is 1. The molecule has 0 fully saturated rings. The summed E-state index contributed by atoms with van der Waals surface area (Å²) in [4.78, 5) is 11.6. The number of benzene rings is 1. The first-order valence-corrected chi connectivity index (χ1v) is 6.60. The molecule has 0 aliphatic heterocycles. The van der Waals surface area contributed by atoms with Gasteiger partial charge in [0.25, 0.3) is 0 Å². The second-order valence-electron chi connectivity index (χ2n) is 4.24. The molecular weight excluding hydrogens is 310 g/mol. The Balaban J connectivity index is 2.84. The van der Waals surface area contributed by atoms with Gasteiger partial charge in [-0.25, -0.2) is 0 Å². The van der Waals surface area contributed by atoms with Crippen molar-refractivity contribution in [2.75, 3.05) is 14.2 Å². The van der Waals surface area contributed by atoms with Crippen molar-refractivity contribution in [1.82, 2.24) is 5.32 Å². The van der Waals surface area contributed by atoms with Crippen molar-refractivity contribution in [3.63, 3.8) is 0 Å². The fraction of sp³-hybridized carbons (Fsp3) is 0.357. The minimum atomic E-state index is -0.110. The van der Waals surface area contributed by atoms with Crippen LogP contribution in [0.2, 0.25) is 0 Å². The molecule has 0 saturated heterocycles. The largest absolute Gasteiger partial charge is 0.493 e. The summed E-state index contributed by atoms with van der Waals surface area (Å²) in [7, 11) is 3.16. The van der Waals surface area contributed by atoms with E-state index in [9.17, 15) is 4.79 Å². The van der Waals surface area contributed by atoms with Gasteiger partial charge in [-0.2, -0.15) is 0 Å². The summed E-state index contributed by atoms with van der Waals surface area (Å²) in [5, 5.41) is 2.82. The van der Waals surface area contributed by atoms with E-state index in [2.05, 4.69) is 21.2 Å². The SMILES string of the molecule is COc1cc(Br)c(CNC(=O)C=C(C)C)cc1OC. The van der Waals surface area contributed by atoms with Crippen molar-refractivity contribution in [3.8, 4) is 11.5 Å². The Morgan fingerprint density at radius 2 is 1.84 bits per heavy atom. The van der Waals surface area contributed by atoms with E-state index >= 15 is 0 Å². The molecule has 1 aromatic carbocycles. The van der Waals surface area contributed by atoms with Crippen LogP contribution in [0.3, 0.4) is 0 Å². The Morgan fingerprint density at radius 1 is 1.26 bits per heavy atom. The zero-order valence-electron chi connectivity index (χ0n) is 11.5. The van der Waals surface area contributed by atoms with Crippen molar-refractivity contribution < 1.29 is 14.3 Å². The second-order valence-corrected chi connectivity index (χ2v) is 5.09. The summed E-state index contributed by atoms with van der Waals surface area (Å²) in [6.45, 7) is 4.18. The number of methoxy groups -OCH3 is 2. The fourth-order valence-electron chi connectivity index (χ4n) is 1.53. The molecule has 1 aromatic rings. The molecule has 0 spiro atoms. The van der Waals surface area contributed by atoms with Crippen molar-refractivity contribution in [1.29, 1.82) is 0 Å². The van der Waals surface area contributed by atoms with Gasteiger partial charge >= 0.3 is 0 Å². The summed E-state index contributed by atoms with van der Waals surface area (Å²) in [5.41, 5.74) is 1.89. The van der Waals surface area contributed by atoms with Crippen molar-refractivity contribution in [2.24, 2.45) is 0 Å². The van der Waals surface area contributed by atoms with E-state index in [1.54, 1.807) is 20.3 Å². The van der Waals surface area contributed by atoms with Gasteiger partial charge in [-0.05, 0) is 31.5 Å². The third kappa shape index (κ3) is 4.59. The van der Waals surface area contributed by atoms with Crippen LogP contribution < -0.4 is 14.8 Å². The Kier molecular flexibility index (Phi) is 5.89. The van der Waals surface area contributed by atoms with Gasteiger partial charge in [-0.3, -0.25) is 4.79 Å². The summed E-state index contributed by atoms with van der Waals surface area (Å²) in [6.07, 6.45) is 1.56. The zero-order valence-corrected chi connectivity index (χ0v) is 13.1. The number of hydrogen-bond donors (Lipinski definition) is 1. The molecule has 5 heteroatoms. The topological polar surface area (TPSA) is 47.6 Å². The molecule has 1 amide bonds. The summed E-state index contributed by atoms with van der Waals surface area (Å²) in [5.74, 6) is 1.17. The van der Waals surface area contributed by atoms with Crippen LogP contribution in [0.5, 0.6) is 11.5 Å². The van der Waals surface area contributed by atoms with Gasteiger partial charge in [-0.1, -0.05) is 21.5 Å². The summed E-state index contributed by atoms with van der Waals surface area (Å²) >= 11 is 3.45. The molecule has 0 bridgehead atoms. The van der Waals surface area contributed by atoms with Gasteiger partial charge < -0.3 is 14.8 Å². The maximum atomic E-state index is 11.6. The van der Waals surface area contributed by atoms with E-state index < -0.39 is 0 Å². The first-order chi connectivity index (χ1) is 8.97. The number of allylic oxidation sites excluding steroid dienone is 1. The molecule has 0 aromatic heterocycles. The molecule has 1 rings (SSSR count). The number of hydrogen-bond acceptors (Lipinski definition) is 3. The van der Waals surface area contributed by atoms with Crippen LogP contribution in [-0.2, 0) is 11.3 Å². The van der Waals surface area contributed by atoms with Crippen molar-refractivity contribution in [2.45, 2.75) is 20.4 Å². The average molecular weight is 328 g/mol. The number of carbonyl (C=O) groups excluding carboxylic acids is 1. The lowest BCUT2D eigenvalue weighted by atomic mass is 10.2. The molecule has 0 aliphatic carbocycles. The number of rotatable bonds is 5. The highest BCUT2D eigenvalue weighted by Crippen LogP contribution is 2.33. The maximum absolute atomic E-state index is 11.6. The van der Waals surface area contributed by atoms with Crippen LogP contribution in [0.1, 0.15) is 19.4 Å². The molecule has 0 heterocycles. The predicted octanol–water partition coefficient (Wildman–Crippen LogP) is 3.05. The van der Waals surface area contributed by atoms with E-state index in [1.165, 1.54) is 0 Å². The van der Waals surface area contributed by atoms with Gasteiger partial charge in [-0.15, -0.1) is 0 Å². The third-order valence-corrected chi connectivity index (χ3v) is 3.16. The Bertz CT molecular complexity index is 494. The van der Waals surface area contributed by atoms with Crippen molar-refractivity contribution >= 4 is 21.8 Å². The van der Waals surface area contributed by atoms with Crippen LogP contribution in [0, 0.1) is 0 Å². The maximum Gasteiger partial charge on any atom is 0.244 e. The van der Waals surface area contributed by atoms with Crippen LogP contribution in [-0.4, -0.2) is 20.1 Å². The summed E-state index contributed by atoms with van der Waals surface area (Å²) in [6, 6.07) is 3.66. The first kappa shape index (κ1) is 15.6. The van der Waals surface area contributed by atoms with Gasteiger partial charge in [0.05, 0.1) is 14.2 Å².